The summed E-state index contributed by atoms with van der Waals surface area (Å²) in [6.45, 7) is 5.91. The summed E-state index contributed by atoms with van der Waals surface area (Å²) < 4.78 is 0. The van der Waals surface area contributed by atoms with Gasteiger partial charge in [-0.2, -0.15) is 5.92 Å². The first-order chi connectivity index (χ1) is 16.5. The van der Waals surface area contributed by atoms with E-state index < -0.39 is 35.2 Å². The Hall–Kier alpha value is -3.24. The minimum atomic E-state index is -1.50. The number of hydrogen-bond donors (Lipinski definition) is 5. The van der Waals surface area contributed by atoms with Gasteiger partial charge in [0.15, 0.2) is 5.66 Å². The monoisotopic (exact) mass is 482 g/mol. The molecule has 2 saturated heterocycles. The maximum Gasteiger partial charge on any atom is 0.265 e. The van der Waals surface area contributed by atoms with Gasteiger partial charge in [-0.15, -0.1) is 0 Å². The van der Waals surface area contributed by atoms with E-state index >= 15 is 0 Å². The number of nitrogens with one attached hydrogen (secondary N) is 3. The maximum atomic E-state index is 13.6. The summed E-state index contributed by atoms with van der Waals surface area (Å²) >= 11 is 0. The van der Waals surface area contributed by atoms with Gasteiger partial charge in [0.1, 0.15) is 6.04 Å². The molecule has 1 aliphatic carbocycles. The topological polar surface area (TPSA) is 164 Å². The van der Waals surface area contributed by atoms with Crippen LogP contribution in [0.15, 0.2) is 29.8 Å². The van der Waals surface area contributed by atoms with Gasteiger partial charge in [-0.3, -0.25) is 24.5 Å². The lowest BCUT2D eigenvalue weighted by atomic mass is 9.82. The van der Waals surface area contributed by atoms with Gasteiger partial charge in [0, 0.05) is 19.4 Å². The lowest BCUT2D eigenvalue weighted by molar-refractivity contribution is -0.140. The van der Waals surface area contributed by atoms with Gasteiger partial charge < -0.3 is 32.4 Å². The van der Waals surface area contributed by atoms with Crippen LogP contribution >= 0.6 is 0 Å². The Bertz CT molecular complexity index is 1070. The summed E-state index contributed by atoms with van der Waals surface area (Å²) in [5.74, 6) is -1.43. The highest BCUT2D eigenvalue weighted by atomic mass is 16.3. The summed E-state index contributed by atoms with van der Waals surface area (Å²) in [6.07, 6.45) is 4.19. The third-order valence-electron chi connectivity index (χ3n) is 7.28. The number of aryl methyl sites for hydroxylation is 1. The molecular weight excluding hydrogens is 450 g/mol. The molecule has 0 bridgehead atoms. The number of hydrogen-bond acceptors (Lipinski definition) is 6. The zero-order valence-electron chi connectivity index (χ0n) is 20.1. The number of aliphatic hydroxyl groups is 1. The van der Waals surface area contributed by atoms with Crippen molar-refractivity contribution in [2.75, 3.05) is 6.54 Å². The van der Waals surface area contributed by atoms with E-state index in [-0.39, 0.29) is 30.7 Å². The standard InChI is InChI=1S/C25H32N5O5/c1-14-4-6-17(7-5-14)24(3,35)12-18(27-13-31)22(33)29-25(19(28-25)11-20(26)32)23(34)30-9-8-16-10-15(2)21(16)30/h4-7,13,16,18-19,21,28,35H,8-9,11-12H2,1-3H3,(H2,26,32)(H,27,31)(H,29,33)/q-1. The largest absolute Gasteiger partial charge is 0.490 e. The highest BCUT2D eigenvalue weighted by molar-refractivity contribution is 5.98. The second-order valence-corrected chi connectivity index (χ2v) is 10.0. The fourth-order valence-corrected chi connectivity index (χ4v) is 5.26. The number of carbonyl (C=O) groups is 4. The lowest BCUT2D eigenvalue weighted by Crippen LogP contribution is -2.60. The molecule has 2 aliphatic heterocycles. The van der Waals surface area contributed by atoms with Crippen molar-refractivity contribution in [2.45, 2.75) is 69.4 Å². The van der Waals surface area contributed by atoms with Crippen molar-refractivity contribution < 1.29 is 24.3 Å². The minimum absolute atomic E-state index is 0.0703. The second-order valence-electron chi connectivity index (χ2n) is 10.0. The van der Waals surface area contributed by atoms with Crippen molar-refractivity contribution in [3.63, 3.8) is 0 Å². The molecule has 0 aromatic heterocycles. The van der Waals surface area contributed by atoms with Gasteiger partial charge in [-0.1, -0.05) is 43.2 Å². The fourth-order valence-electron chi connectivity index (χ4n) is 5.26. The Morgan fingerprint density at radius 3 is 2.63 bits per heavy atom. The molecule has 3 aliphatic rings. The Morgan fingerprint density at radius 2 is 2.03 bits per heavy atom. The van der Waals surface area contributed by atoms with Crippen molar-refractivity contribution in [2.24, 2.45) is 11.7 Å². The molecule has 35 heavy (non-hydrogen) atoms. The lowest BCUT2D eigenvalue weighted by Gasteiger charge is -2.47. The number of carbonyl (C=O) groups excluding carboxylic acids is 4. The molecular formula is C25H32N5O5-. The predicted octanol–water partition coefficient (Wildman–Crippen LogP) is -0.653. The normalized spacial score (nSPS) is 29.1. The van der Waals surface area contributed by atoms with Gasteiger partial charge in [0.2, 0.25) is 18.2 Å². The van der Waals surface area contributed by atoms with Gasteiger partial charge in [0.25, 0.3) is 5.91 Å². The van der Waals surface area contributed by atoms with E-state index in [4.69, 9.17) is 5.73 Å². The Kier molecular flexibility index (Phi) is 6.46. The first-order valence-corrected chi connectivity index (χ1v) is 11.8. The minimum Gasteiger partial charge on any atom is -0.490 e. The predicted molar refractivity (Wildman–Crippen MR) is 126 cm³/mol. The molecule has 0 saturated carbocycles. The van der Waals surface area contributed by atoms with Crippen molar-refractivity contribution in [3.8, 4) is 0 Å². The molecule has 188 valence electrons. The molecule has 4 amide bonds. The summed E-state index contributed by atoms with van der Waals surface area (Å²) in [5.41, 5.74) is 5.01. The van der Waals surface area contributed by atoms with Crippen molar-refractivity contribution in [3.05, 3.63) is 47.0 Å². The summed E-state index contributed by atoms with van der Waals surface area (Å²) in [5, 5.41) is 19.2. The molecule has 0 radical (unpaired) electrons. The molecule has 0 spiro atoms. The van der Waals surface area contributed by atoms with Gasteiger partial charge in [-0.25, -0.2) is 5.57 Å². The molecule has 1 aromatic rings. The van der Waals surface area contributed by atoms with Crippen LogP contribution in [0.3, 0.4) is 0 Å². The van der Waals surface area contributed by atoms with Crippen molar-refractivity contribution in [1.82, 2.24) is 20.9 Å². The van der Waals surface area contributed by atoms with Crippen LogP contribution in [0.25, 0.3) is 0 Å². The summed E-state index contributed by atoms with van der Waals surface area (Å²) in [7, 11) is 0. The number of likely N-dealkylation sites (tertiary alicyclic amines) is 1. The molecule has 10 nitrogen and oxygen atoms in total. The SMILES string of the molecule is CC1=[C-]C2CCN(C(=O)C3(NC(=O)C(CC(C)(O)c4ccc(C)cc4)NC=O)NC3CC(N)=O)C12. The number of rotatable bonds is 10. The molecule has 6 atom stereocenters. The van der Waals surface area contributed by atoms with E-state index in [1.165, 1.54) is 0 Å². The average molecular weight is 483 g/mol. The zero-order chi connectivity index (χ0) is 25.5. The number of amides is 4. The Morgan fingerprint density at radius 1 is 1.34 bits per heavy atom. The van der Waals surface area contributed by atoms with Crippen LogP contribution in [0.5, 0.6) is 0 Å². The third-order valence-corrected chi connectivity index (χ3v) is 7.28. The first-order valence-electron chi connectivity index (χ1n) is 11.8. The number of fused-ring (bicyclic) bond motifs is 1. The number of nitrogens with zero attached hydrogens (tertiary/aromatic N) is 1. The number of nitrogens with two attached hydrogens (primary N) is 1. The van der Waals surface area contributed by atoms with Crippen LogP contribution in [0.2, 0.25) is 0 Å². The van der Waals surface area contributed by atoms with Crippen LogP contribution < -0.4 is 21.7 Å². The van der Waals surface area contributed by atoms with Crippen LogP contribution in [0.1, 0.15) is 44.2 Å². The first kappa shape index (κ1) is 24.9. The van der Waals surface area contributed by atoms with Gasteiger partial charge >= 0.3 is 0 Å². The van der Waals surface area contributed by atoms with Crippen LogP contribution in [0, 0.1) is 18.9 Å². The van der Waals surface area contributed by atoms with Crippen molar-refractivity contribution in [1.29, 1.82) is 0 Å². The molecule has 2 fully saturated rings. The quantitative estimate of drug-likeness (QED) is 0.169. The fraction of sp³-hybridized carbons (Fsp3) is 0.520. The van der Waals surface area contributed by atoms with E-state index in [9.17, 15) is 24.3 Å². The van der Waals surface area contributed by atoms with Crippen LogP contribution in [-0.4, -0.2) is 64.5 Å². The van der Waals surface area contributed by atoms with Crippen molar-refractivity contribution >= 4 is 24.1 Å². The number of primary amides is 1. The molecule has 4 rings (SSSR count). The third kappa shape index (κ3) is 4.68. The van der Waals surface area contributed by atoms with Crippen LogP contribution in [0.4, 0.5) is 0 Å². The molecule has 6 unspecified atom stereocenters. The highest BCUT2D eigenvalue weighted by Crippen LogP contribution is 2.41. The Labute approximate surface area is 204 Å². The molecule has 6 N–H and O–H groups in total. The maximum absolute atomic E-state index is 13.6. The number of benzene rings is 1. The van der Waals surface area contributed by atoms with Gasteiger partial charge in [-0.05, 0) is 25.5 Å². The average Bonchev–Trinajstić information content (AvgIpc) is 3.33. The van der Waals surface area contributed by atoms with E-state index in [1.807, 2.05) is 26.0 Å². The van der Waals surface area contributed by atoms with Gasteiger partial charge in [0.05, 0.1) is 11.6 Å². The zero-order valence-corrected chi connectivity index (χ0v) is 20.1. The summed E-state index contributed by atoms with van der Waals surface area (Å²) in [6, 6.07) is 5.35. The molecule has 1 aromatic carbocycles. The molecule has 10 heteroatoms. The van der Waals surface area contributed by atoms with E-state index in [2.05, 4.69) is 22.0 Å². The smallest absolute Gasteiger partial charge is 0.265 e. The van der Waals surface area contributed by atoms with E-state index in [0.29, 0.717) is 18.5 Å². The second kappa shape index (κ2) is 9.09. The highest BCUT2D eigenvalue weighted by Gasteiger charge is 2.64. The summed E-state index contributed by atoms with van der Waals surface area (Å²) in [4.78, 5) is 51.6. The van der Waals surface area contributed by atoms with E-state index in [1.54, 1.807) is 24.0 Å². The van der Waals surface area contributed by atoms with Crippen LogP contribution in [-0.2, 0) is 24.8 Å². The molecule has 2 heterocycles. The Balaban J connectivity index is 1.53. The van der Waals surface area contributed by atoms with E-state index in [0.717, 1.165) is 17.6 Å².